The van der Waals surface area contributed by atoms with Gasteiger partial charge in [-0.15, -0.1) is 0 Å². The van der Waals surface area contributed by atoms with Crippen molar-refractivity contribution >= 4 is 5.91 Å². The molecule has 0 saturated carbocycles. The number of likely N-dealkylation sites (tertiary alicyclic amines) is 1. The Morgan fingerprint density at radius 2 is 1.71 bits per heavy atom. The zero-order valence-corrected chi connectivity index (χ0v) is 19.2. The average Bonchev–Trinajstić information content (AvgIpc) is 2.91. The molecule has 1 fully saturated rings. The summed E-state index contributed by atoms with van der Waals surface area (Å²) in [6.07, 6.45) is 5.33. The largest absolute Gasteiger partial charge is 0.424 e. The van der Waals surface area contributed by atoms with Crippen molar-refractivity contribution in [1.29, 1.82) is 0 Å². The summed E-state index contributed by atoms with van der Waals surface area (Å²) in [6, 6.07) is 21.8. The summed E-state index contributed by atoms with van der Waals surface area (Å²) in [4.78, 5) is 27.9. The van der Waals surface area contributed by atoms with Crippen molar-refractivity contribution in [3.63, 3.8) is 0 Å². The minimum absolute atomic E-state index is 0.0239. The van der Waals surface area contributed by atoms with E-state index >= 15 is 0 Å². The van der Waals surface area contributed by atoms with Crippen LogP contribution in [0, 0.1) is 5.82 Å². The number of nitrogens with zero attached hydrogens (tertiary/aromatic N) is 4. The lowest BCUT2D eigenvalue weighted by Gasteiger charge is -2.32. The van der Waals surface area contributed by atoms with Gasteiger partial charge in [0.05, 0.1) is 0 Å². The second-order valence-corrected chi connectivity index (χ2v) is 8.55. The van der Waals surface area contributed by atoms with E-state index in [9.17, 15) is 9.18 Å². The Morgan fingerprint density at radius 1 is 0.943 bits per heavy atom. The molecule has 0 aliphatic carbocycles. The van der Waals surface area contributed by atoms with Gasteiger partial charge < -0.3 is 9.64 Å². The van der Waals surface area contributed by atoms with Gasteiger partial charge in [0.1, 0.15) is 11.6 Å². The van der Waals surface area contributed by atoms with E-state index in [1.807, 2.05) is 29.2 Å². The predicted molar refractivity (Wildman–Crippen MR) is 130 cm³/mol. The molecule has 35 heavy (non-hydrogen) atoms. The number of halogens is 1. The molecule has 176 valence electrons. The van der Waals surface area contributed by atoms with E-state index in [1.54, 1.807) is 54.9 Å². The van der Waals surface area contributed by atoms with Gasteiger partial charge in [-0.25, -0.2) is 14.4 Å². The molecular formula is C28H25FN4O2. The monoisotopic (exact) mass is 468 g/mol. The minimum Gasteiger partial charge on any atom is -0.424 e. The molecule has 2 aromatic carbocycles. The van der Waals surface area contributed by atoms with Crippen LogP contribution < -0.4 is 4.74 Å². The lowest BCUT2D eigenvalue weighted by atomic mass is 9.92. The first-order chi connectivity index (χ1) is 17.2. The van der Waals surface area contributed by atoms with Crippen LogP contribution in [0.4, 0.5) is 4.39 Å². The van der Waals surface area contributed by atoms with E-state index in [-0.39, 0.29) is 23.7 Å². The van der Waals surface area contributed by atoms with Crippen molar-refractivity contribution in [3.8, 4) is 11.8 Å². The topological polar surface area (TPSA) is 68.2 Å². The normalized spacial score (nSPS) is 14.0. The van der Waals surface area contributed by atoms with Crippen LogP contribution >= 0.6 is 0 Å². The first-order valence-corrected chi connectivity index (χ1v) is 11.7. The van der Waals surface area contributed by atoms with Crippen LogP contribution in [-0.4, -0.2) is 38.8 Å². The Balaban J connectivity index is 1.21. The Hall–Kier alpha value is -4.13. The van der Waals surface area contributed by atoms with Crippen LogP contribution in [0.3, 0.4) is 0 Å². The molecule has 0 spiro atoms. The summed E-state index contributed by atoms with van der Waals surface area (Å²) in [5.41, 5.74) is 3.07. The van der Waals surface area contributed by atoms with Gasteiger partial charge in [-0.2, -0.15) is 0 Å². The first-order valence-electron chi connectivity index (χ1n) is 11.7. The number of hydrogen-bond acceptors (Lipinski definition) is 5. The highest BCUT2D eigenvalue weighted by molar-refractivity contribution is 5.94. The SMILES string of the molecule is O=C(c1cccc(Oc2ncccn2)c1)N1CCC(c2cccc(Cc3ccccc3F)n2)CC1. The number of ether oxygens (including phenoxy) is 1. The van der Waals surface area contributed by atoms with Crippen LogP contribution in [0.1, 0.15) is 46.1 Å². The van der Waals surface area contributed by atoms with Gasteiger partial charge in [0.25, 0.3) is 5.91 Å². The van der Waals surface area contributed by atoms with Crippen molar-refractivity contribution in [2.75, 3.05) is 13.1 Å². The fourth-order valence-corrected chi connectivity index (χ4v) is 4.36. The Bertz CT molecular complexity index is 1310. The quantitative estimate of drug-likeness (QED) is 0.378. The average molecular weight is 469 g/mol. The van der Waals surface area contributed by atoms with Crippen molar-refractivity contribution in [3.05, 3.63) is 114 Å². The summed E-state index contributed by atoms with van der Waals surface area (Å²) >= 11 is 0. The molecule has 2 aromatic heterocycles. The van der Waals surface area contributed by atoms with Crippen LogP contribution in [-0.2, 0) is 6.42 Å². The van der Waals surface area contributed by atoms with Gasteiger partial charge in [-0.1, -0.05) is 30.3 Å². The number of amides is 1. The molecule has 0 unspecified atom stereocenters. The van der Waals surface area contributed by atoms with Gasteiger partial charge in [0.15, 0.2) is 0 Å². The van der Waals surface area contributed by atoms with Crippen LogP contribution in [0.5, 0.6) is 11.8 Å². The van der Waals surface area contributed by atoms with Crippen LogP contribution in [0.25, 0.3) is 0 Å². The van der Waals surface area contributed by atoms with E-state index in [0.29, 0.717) is 36.4 Å². The predicted octanol–water partition coefficient (Wildman–Crippen LogP) is 5.41. The van der Waals surface area contributed by atoms with Gasteiger partial charge in [-0.3, -0.25) is 9.78 Å². The number of piperidine rings is 1. The van der Waals surface area contributed by atoms with E-state index in [0.717, 1.165) is 24.2 Å². The van der Waals surface area contributed by atoms with Crippen molar-refractivity contribution in [2.45, 2.75) is 25.2 Å². The molecule has 3 heterocycles. The van der Waals surface area contributed by atoms with Crippen molar-refractivity contribution in [1.82, 2.24) is 19.9 Å². The fraction of sp³-hybridized carbons (Fsp3) is 0.214. The van der Waals surface area contributed by atoms with E-state index in [1.165, 1.54) is 6.07 Å². The number of aromatic nitrogens is 3. The summed E-state index contributed by atoms with van der Waals surface area (Å²) in [7, 11) is 0. The Morgan fingerprint density at radius 3 is 2.51 bits per heavy atom. The van der Waals surface area contributed by atoms with Crippen molar-refractivity contribution in [2.24, 2.45) is 0 Å². The van der Waals surface area contributed by atoms with Crippen LogP contribution in [0.2, 0.25) is 0 Å². The number of carbonyl (C=O) groups is 1. The first kappa shape index (κ1) is 22.7. The molecule has 1 saturated heterocycles. The third kappa shape index (κ3) is 5.51. The second-order valence-electron chi connectivity index (χ2n) is 8.55. The summed E-state index contributed by atoms with van der Waals surface area (Å²) in [5, 5.41) is 0. The number of rotatable bonds is 6. The standard InChI is InChI=1S/C28H25FN4O2/c29-25-10-2-1-6-21(25)18-23-8-4-11-26(32-23)20-12-16-33(17-13-20)27(34)22-7-3-9-24(19-22)35-28-30-14-5-15-31-28/h1-11,14-15,19-20H,12-13,16-18H2. The number of hydrogen-bond donors (Lipinski definition) is 0. The van der Waals surface area contributed by atoms with Gasteiger partial charge in [0.2, 0.25) is 0 Å². The minimum atomic E-state index is -0.211. The molecule has 0 N–H and O–H groups in total. The summed E-state index contributed by atoms with van der Waals surface area (Å²) in [5.74, 6) is 0.554. The molecule has 0 atom stereocenters. The second kappa shape index (κ2) is 10.4. The maximum atomic E-state index is 14.0. The van der Waals surface area contributed by atoms with Gasteiger partial charge >= 0.3 is 6.01 Å². The number of benzene rings is 2. The number of pyridine rings is 1. The fourth-order valence-electron chi connectivity index (χ4n) is 4.36. The van der Waals surface area contributed by atoms with Crippen LogP contribution in [0.15, 0.2) is 85.2 Å². The summed E-state index contributed by atoms with van der Waals surface area (Å²) < 4.78 is 19.7. The molecular weight excluding hydrogens is 443 g/mol. The lowest BCUT2D eigenvalue weighted by molar-refractivity contribution is 0.0711. The van der Waals surface area contributed by atoms with E-state index in [2.05, 4.69) is 9.97 Å². The number of carbonyl (C=O) groups excluding carboxylic acids is 1. The lowest BCUT2D eigenvalue weighted by Crippen LogP contribution is -2.38. The third-order valence-electron chi connectivity index (χ3n) is 6.19. The zero-order valence-electron chi connectivity index (χ0n) is 19.2. The molecule has 1 amide bonds. The summed E-state index contributed by atoms with van der Waals surface area (Å²) in [6.45, 7) is 1.30. The Kier molecular flexibility index (Phi) is 6.75. The Labute approximate surface area is 203 Å². The molecule has 4 aromatic rings. The highest BCUT2D eigenvalue weighted by atomic mass is 19.1. The van der Waals surface area contributed by atoms with Gasteiger partial charge in [-0.05, 0) is 60.9 Å². The van der Waals surface area contributed by atoms with Gasteiger partial charge in [0, 0.05) is 54.8 Å². The van der Waals surface area contributed by atoms with E-state index < -0.39 is 0 Å². The molecule has 1 aliphatic heterocycles. The molecule has 0 radical (unpaired) electrons. The smallest absolute Gasteiger partial charge is 0.321 e. The van der Waals surface area contributed by atoms with E-state index in [4.69, 9.17) is 9.72 Å². The molecule has 7 heteroatoms. The third-order valence-corrected chi connectivity index (χ3v) is 6.19. The molecule has 1 aliphatic rings. The molecule has 5 rings (SSSR count). The van der Waals surface area contributed by atoms with Crippen molar-refractivity contribution < 1.29 is 13.9 Å². The highest BCUT2D eigenvalue weighted by Crippen LogP contribution is 2.29. The molecule has 0 bridgehead atoms. The molecule has 6 nitrogen and oxygen atoms in total. The maximum absolute atomic E-state index is 14.0. The highest BCUT2D eigenvalue weighted by Gasteiger charge is 2.25. The maximum Gasteiger partial charge on any atom is 0.321 e. The zero-order chi connectivity index (χ0) is 24.0.